The molecule has 0 amide bonds. The van der Waals surface area contributed by atoms with Gasteiger partial charge in [-0.1, -0.05) is 31.2 Å². The average molecular weight is 247 g/mol. The van der Waals surface area contributed by atoms with E-state index >= 15 is 0 Å². The molecule has 1 fully saturated rings. The lowest BCUT2D eigenvalue weighted by atomic mass is 9.87. The molecule has 1 aliphatic rings. The lowest BCUT2D eigenvalue weighted by Crippen LogP contribution is -2.55. The third-order valence-electron chi connectivity index (χ3n) is 4.34. The monoisotopic (exact) mass is 247 g/mol. The Kier molecular flexibility index (Phi) is 4.08. The second-order valence-corrected chi connectivity index (χ2v) is 5.90. The van der Waals surface area contributed by atoms with E-state index in [2.05, 4.69) is 49.9 Å². The van der Waals surface area contributed by atoms with Crippen LogP contribution in [0.25, 0.3) is 0 Å². The first-order chi connectivity index (χ1) is 8.54. The van der Waals surface area contributed by atoms with Crippen molar-refractivity contribution in [2.24, 2.45) is 0 Å². The number of aliphatic hydroxyl groups is 1. The van der Waals surface area contributed by atoms with E-state index in [1.807, 2.05) is 0 Å². The summed E-state index contributed by atoms with van der Waals surface area (Å²) in [6, 6.07) is 8.86. The van der Waals surface area contributed by atoms with Crippen LogP contribution in [-0.2, 0) is 13.0 Å². The van der Waals surface area contributed by atoms with E-state index < -0.39 is 0 Å². The largest absolute Gasteiger partial charge is 0.391 e. The Bertz CT molecular complexity index is 383. The van der Waals surface area contributed by atoms with Gasteiger partial charge in [0.1, 0.15) is 0 Å². The zero-order chi connectivity index (χ0) is 13.2. The van der Waals surface area contributed by atoms with Gasteiger partial charge in [0.25, 0.3) is 0 Å². The van der Waals surface area contributed by atoms with Crippen LogP contribution in [-0.4, -0.2) is 28.2 Å². The molecule has 1 saturated heterocycles. The summed E-state index contributed by atoms with van der Waals surface area (Å²) in [6.45, 7) is 8.50. The Morgan fingerprint density at radius 3 is 2.44 bits per heavy atom. The maximum absolute atomic E-state index is 10.1. The number of aliphatic hydroxyl groups excluding tert-OH is 1. The Labute approximate surface area is 111 Å². The lowest BCUT2D eigenvalue weighted by Gasteiger charge is -2.46. The minimum atomic E-state index is -0.207. The fourth-order valence-electron chi connectivity index (χ4n) is 2.71. The molecule has 1 aliphatic heterocycles. The summed E-state index contributed by atoms with van der Waals surface area (Å²) in [5.74, 6) is 0. The molecule has 1 atom stereocenters. The van der Waals surface area contributed by atoms with Crippen molar-refractivity contribution in [1.82, 2.24) is 4.90 Å². The van der Waals surface area contributed by atoms with Crippen molar-refractivity contribution in [3.63, 3.8) is 0 Å². The van der Waals surface area contributed by atoms with E-state index in [0.29, 0.717) is 0 Å². The second-order valence-electron chi connectivity index (χ2n) is 5.90. The van der Waals surface area contributed by atoms with Crippen molar-refractivity contribution in [2.75, 3.05) is 6.54 Å². The molecule has 18 heavy (non-hydrogen) atoms. The van der Waals surface area contributed by atoms with Crippen LogP contribution in [0, 0.1) is 0 Å². The van der Waals surface area contributed by atoms with Crippen LogP contribution in [0.2, 0.25) is 0 Å². The van der Waals surface area contributed by atoms with Crippen molar-refractivity contribution in [3.05, 3.63) is 35.4 Å². The van der Waals surface area contributed by atoms with Crippen LogP contribution in [0.5, 0.6) is 0 Å². The highest BCUT2D eigenvalue weighted by Gasteiger charge is 2.37. The Morgan fingerprint density at radius 2 is 1.83 bits per heavy atom. The molecule has 1 unspecified atom stereocenters. The number of benzene rings is 1. The van der Waals surface area contributed by atoms with E-state index in [1.54, 1.807) is 0 Å². The smallest absolute Gasteiger partial charge is 0.0719 e. The van der Waals surface area contributed by atoms with Gasteiger partial charge < -0.3 is 5.11 Å². The maximum Gasteiger partial charge on any atom is 0.0719 e. The van der Waals surface area contributed by atoms with Gasteiger partial charge in [-0.25, -0.2) is 0 Å². The summed E-state index contributed by atoms with van der Waals surface area (Å²) in [6.07, 6.45) is 2.91. The summed E-state index contributed by atoms with van der Waals surface area (Å²) in [4.78, 5) is 2.40. The predicted octanol–water partition coefficient (Wildman–Crippen LogP) is 2.98. The molecule has 100 valence electrons. The van der Waals surface area contributed by atoms with E-state index in [0.717, 1.165) is 32.4 Å². The standard InChI is InChI=1S/C16H25NO/c1-4-13-7-9-14(10-8-13)12-17-11-5-6-15(18)16(17,2)3/h7-10,15,18H,4-6,11-12H2,1-3H3. The van der Waals surface area contributed by atoms with Gasteiger partial charge in [0.05, 0.1) is 6.10 Å². The summed E-state index contributed by atoms with van der Waals surface area (Å²) in [5, 5.41) is 10.1. The number of likely N-dealkylation sites (tertiary alicyclic amines) is 1. The molecule has 0 saturated carbocycles. The Morgan fingerprint density at radius 1 is 1.22 bits per heavy atom. The van der Waals surface area contributed by atoms with Crippen LogP contribution in [0.1, 0.15) is 44.7 Å². The first kappa shape index (κ1) is 13.6. The highest BCUT2D eigenvalue weighted by atomic mass is 16.3. The highest BCUT2D eigenvalue weighted by Crippen LogP contribution is 2.29. The summed E-state index contributed by atoms with van der Waals surface area (Å²) >= 11 is 0. The SMILES string of the molecule is CCc1ccc(CN2CCCC(O)C2(C)C)cc1. The van der Waals surface area contributed by atoms with Crippen LogP contribution < -0.4 is 0 Å². The van der Waals surface area contributed by atoms with Gasteiger partial charge in [-0.2, -0.15) is 0 Å². The molecule has 1 aromatic carbocycles. The number of hydrogen-bond donors (Lipinski definition) is 1. The molecule has 0 aliphatic carbocycles. The Balaban J connectivity index is 2.07. The predicted molar refractivity (Wildman–Crippen MR) is 75.5 cm³/mol. The second kappa shape index (κ2) is 5.41. The lowest BCUT2D eigenvalue weighted by molar-refractivity contribution is -0.0481. The van der Waals surface area contributed by atoms with Crippen molar-refractivity contribution in [1.29, 1.82) is 0 Å². The van der Waals surface area contributed by atoms with Crippen LogP contribution in [0.3, 0.4) is 0 Å². The Hall–Kier alpha value is -0.860. The average Bonchev–Trinajstić information content (AvgIpc) is 2.36. The molecule has 1 N–H and O–H groups in total. The van der Waals surface area contributed by atoms with E-state index in [1.165, 1.54) is 11.1 Å². The number of hydrogen-bond acceptors (Lipinski definition) is 2. The van der Waals surface area contributed by atoms with E-state index in [4.69, 9.17) is 0 Å². The van der Waals surface area contributed by atoms with Crippen LogP contribution in [0.15, 0.2) is 24.3 Å². The van der Waals surface area contributed by atoms with Crippen molar-refractivity contribution >= 4 is 0 Å². The third-order valence-corrected chi connectivity index (χ3v) is 4.34. The number of aryl methyl sites for hydroxylation is 1. The van der Waals surface area contributed by atoms with Gasteiger partial charge in [-0.3, -0.25) is 4.90 Å². The number of piperidine rings is 1. The van der Waals surface area contributed by atoms with Gasteiger partial charge >= 0.3 is 0 Å². The number of rotatable bonds is 3. The summed E-state index contributed by atoms with van der Waals surface area (Å²) < 4.78 is 0. The zero-order valence-corrected chi connectivity index (χ0v) is 11.8. The molecule has 0 aromatic heterocycles. The van der Waals surface area contributed by atoms with Gasteiger partial charge in [0.2, 0.25) is 0 Å². The fourth-order valence-corrected chi connectivity index (χ4v) is 2.71. The fraction of sp³-hybridized carbons (Fsp3) is 0.625. The van der Waals surface area contributed by atoms with E-state index in [9.17, 15) is 5.11 Å². The van der Waals surface area contributed by atoms with E-state index in [-0.39, 0.29) is 11.6 Å². The quantitative estimate of drug-likeness (QED) is 0.887. The van der Waals surface area contributed by atoms with Crippen LogP contribution >= 0.6 is 0 Å². The van der Waals surface area contributed by atoms with Crippen molar-refractivity contribution < 1.29 is 5.11 Å². The van der Waals surface area contributed by atoms with Crippen LogP contribution in [0.4, 0.5) is 0 Å². The first-order valence-electron chi connectivity index (χ1n) is 7.05. The molecule has 1 aromatic rings. The van der Waals surface area contributed by atoms with Gasteiger partial charge in [-0.15, -0.1) is 0 Å². The maximum atomic E-state index is 10.1. The van der Waals surface area contributed by atoms with Gasteiger partial charge in [0.15, 0.2) is 0 Å². The molecular formula is C16H25NO. The molecule has 1 heterocycles. The highest BCUT2D eigenvalue weighted by molar-refractivity contribution is 5.22. The molecule has 0 radical (unpaired) electrons. The summed E-state index contributed by atoms with van der Waals surface area (Å²) in [7, 11) is 0. The molecule has 0 bridgehead atoms. The summed E-state index contributed by atoms with van der Waals surface area (Å²) in [5.41, 5.74) is 2.62. The molecule has 2 nitrogen and oxygen atoms in total. The molecule has 0 spiro atoms. The minimum absolute atomic E-state index is 0.109. The minimum Gasteiger partial charge on any atom is -0.391 e. The van der Waals surface area contributed by atoms with Crippen molar-refractivity contribution in [3.8, 4) is 0 Å². The molecular weight excluding hydrogens is 222 g/mol. The zero-order valence-electron chi connectivity index (χ0n) is 11.8. The molecule has 2 heteroatoms. The topological polar surface area (TPSA) is 23.5 Å². The van der Waals surface area contributed by atoms with Gasteiger partial charge in [-0.05, 0) is 50.8 Å². The van der Waals surface area contributed by atoms with Gasteiger partial charge in [0, 0.05) is 12.1 Å². The van der Waals surface area contributed by atoms with Crippen molar-refractivity contribution in [2.45, 2.75) is 58.2 Å². The number of nitrogens with zero attached hydrogens (tertiary/aromatic N) is 1. The first-order valence-corrected chi connectivity index (χ1v) is 7.05. The normalized spacial score (nSPS) is 24.1. The molecule has 2 rings (SSSR count). The third kappa shape index (κ3) is 2.76.